The summed E-state index contributed by atoms with van der Waals surface area (Å²) in [6.45, 7) is 2.35. The number of carboxylic acid groups (broad SMARTS) is 1. The van der Waals surface area contributed by atoms with Crippen LogP contribution in [0.3, 0.4) is 0 Å². The Morgan fingerprint density at radius 3 is 2.48 bits per heavy atom. The molecule has 21 heavy (non-hydrogen) atoms. The van der Waals surface area contributed by atoms with E-state index < -0.39 is 23.9 Å². The first-order valence-electron chi connectivity index (χ1n) is 6.57. The van der Waals surface area contributed by atoms with Crippen LogP contribution >= 0.6 is 0 Å². The Morgan fingerprint density at radius 1 is 1.38 bits per heavy atom. The maximum atomic E-state index is 13.0. The summed E-state index contributed by atoms with van der Waals surface area (Å²) in [7, 11) is 1.72. The fraction of sp³-hybridized carbons (Fsp3) is 0.500. The second-order valence-corrected chi connectivity index (χ2v) is 5.27. The normalized spacial score (nSPS) is 17.7. The molecule has 1 N–H and O–H groups in total. The van der Waals surface area contributed by atoms with Crippen molar-refractivity contribution >= 4 is 6.09 Å². The number of amides is 1. The Kier molecular flexibility index (Phi) is 4.13. The zero-order valence-electron chi connectivity index (χ0n) is 11.8. The fourth-order valence-electron chi connectivity index (χ4n) is 2.52. The van der Waals surface area contributed by atoms with Crippen LogP contribution in [0.4, 0.5) is 18.0 Å². The number of benzene rings is 1. The van der Waals surface area contributed by atoms with Crippen molar-refractivity contribution < 1.29 is 23.1 Å². The van der Waals surface area contributed by atoms with Gasteiger partial charge in [0.2, 0.25) is 0 Å². The highest BCUT2D eigenvalue weighted by molar-refractivity contribution is 5.66. The average molecular weight is 302 g/mol. The monoisotopic (exact) mass is 302 g/mol. The van der Waals surface area contributed by atoms with Gasteiger partial charge in [0.1, 0.15) is 0 Å². The van der Waals surface area contributed by atoms with Crippen molar-refractivity contribution in [1.82, 2.24) is 9.80 Å². The largest absolute Gasteiger partial charge is 0.465 e. The fourth-order valence-corrected chi connectivity index (χ4v) is 2.52. The van der Waals surface area contributed by atoms with E-state index in [4.69, 9.17) is 5.11 Å². The molecule has 1 unspecified atom stereocenters. The maximum Gasteiger partial charge on any atom is 0.416 e. The highest BCUT2D eigenvalue weighted by Crippen LogP contribution is 2.36. The number of likely N-dealkylation sites (N-methyl/N-ethyl adjacent to an activating group) is 1. The molecule has 0 aliphatic carbocycles. The molecule has 1 aromatic carbocycles. The van der Waals surface area contributed by atoms with Gasteiger partial charge in [-0.3, -0.25) is 4.90 Å². The van der Waals surface area contributed by atoms with Crippen molar-refractivity contribution in [2.75, 3.05) is 20.1 Å². The van der Waals surface area contributed by atoms with Gasteiger partial charge in [0.05, 0.1) is 5.56 Å². The molecule has 1 aliphatic heterocycles. The molecule has 0 radical (unpaired) electrons. The minimum Gasteiger partial charge on any atom is -0.465 e. The van der Waals surface area contributed by atoms with Crippen molar-refractivity contribution in [2.45, 2.75) is 25.2 Å². The number of rotatable bonds is 3. The lowest BCUT2D eigenvalue weighted by Gasteiger charge is -2.45. The molecular formula is C14H17F3N2O2. The molecule has 1 aromatic rings. The lowest BCUT2D eigenvalue weighted by molar-refractivity contribution is -0.138. The number of carbonyl (C=O) groups is 1. The first kappa shape index (κ1) is 15.6. The molecule has 1 atom stereocenters. The minimum atomic E-state index is -4.39. The topological polar surface area (TPSA) is 43.8 Å². The van der Waals surface area contributed by atoms with Crippen LogP contribution < -0.4 is 0 Å². The summed E-state index contributed by atoms with van der Waals surface area (Å²) in [6.07, 6.45) is -5.39. The summed E-state index contributed by atoms with van der Waals surface area (Å²) in [5, 5.41) is 8.80. The summed E-state index contributed by atoms with van der Waals surface area (Å²) in [5.41, 5.74) is -0.431. The zero-order valence-corrected chi connectivity index (χ0v) is 11.8. The van der Waals surface area contributed by atoms with Gasteiger partial charge in [0, 0.05) is 25.2 Å². The van der Waals surface area contributed by atoms with Crippen LogP contribution in [-0.2, 0) is 6.18 Å². The summed E-state index contributed by atoms with van der Waals surface area (Å²) in [4.78, 5) is 13.8. The molecular weight excluding hydrogens is 285 g/mol. The van der Waals surface area contributed by atoms with Crippen LogP contribution in [0.5, 0.6) is 0 Å². The Bertz CT molecular complexity index is 527. The molecule has 4 nitrogen and oxygen atoms in total. The van der Waals surface area contributed by atoms with Gasteiger partial charge >= 0.3 is 12.3 Å². The molecule has 1 saturated heterocycles. The Labute approximate surface area is 120 Å². The molecule has 1 aliphatic rings. The third-order valence-electron chi connectivity index (χ3n) is 4.04. The molecule has 0 aromatic heterocycles. The van der Waals surface area contributed by atoms with Gasteiger partial charge in [-0.2, -0.15) is 13.2 Å². The second kappa shape index (κ2) is 5.55. The van der Waals surface area contributed by atoms with E-state index in [1.807, 2.05) is 0 Å². The number of likely N-dealkylation sites (tertiary alicyclic amines) is 1. The quantitative estimate of drug-likeness (QED) is 0.933. The Balaban J connectivity index is 2.14. The van der Waals surface area contributed by atoms with E-state index in [0.29, 0.717) is 13.1 Å². The van der Waals surface area contributed by atoms with E-state index in [2.05, 4.69) is 0 Å². The van der Waals surface area contributed by atoms with Gasteiger partial charge in [-0.05, 0) is 25.6 Å². The van der Waals surface area contributed by atoms with E-state index in [9.17, 15) is 18.0 Å². The third kappa shape index (κ3) is 3.12. The van der Waals surface area contributed by atoms with Crippen molar-refractivity contribution in [1.29, 1.82) is 0 Å². The first-order valence-corrected chi connectivity index (χ1v) is 6.57. The average Bonchev–Trinajstić information content (AvgIpc) is 2.34. The van der Waals surface area contributed by atoms with E-state index in [0.717, 1.165) is 6.07 Å². The van der Waals surface area contributed by atoms with E-state index in [1.54, 1.807) is 24.9 Å². The number of hydrogen-bond donors (Lipinski definition) is 1. The first-order chi connectivity index (χ1) is 9.71. The number of alkyl halides is 3. The molecule has 0 spiro atoms. The molecule has 116 valence electrons. The standard InChI is InChI=1S/C14H17F3N2O2/c1-9(18(2)10-7-19(8-10)13(20)21)11-5-3-4-6-12(11)14(15,16)17/h3-6,9-10H,7-8H2,1-2H3,(H,20,21). The molecule has 0 saturated carbocycles. The Morgan fingerprint density at radius 2 is 1.95 bits per heavy atom. The van der Waals surface area contributed by atoms with Crippen LogP contribution in [0, 0.1) is 0 Å². The maximum absolute atomic E-state index is 13.0. The Hall–Kier alpha value is -1.76. The summed E-state index contributed by atoms with van der Waals surface area (Å²) in [6, 6.07) is 5.00. The minimum absolute atomic E-state index is 0.0580. The van der Waals surface area contributed by atoms with Gasteiger partial charge in [-0.1, -0.05) is 18.2 Å². The van der Waals surface area contributed by atoms with Gasteiger partial charge in [0.25, 0.3) is 0 Å². The smallest absolute Gasteiger partial charge is 0.416 e. The molecule has 1 fully saturated rings. The lowest BCUT2D eigenvalue weighted by atomic mass is 9.97. The number of hydrogen-bond acceptors (Lipinski definition) is 2. The number of halogens is 3. The predicted molar refractivity (Wildman–Crippen MR) is 71.0 cm³/mol. The van der Waals surface area contributed by atoms with Gasteiger partial charge in [-0.25, -0.2) is 4.79 Å². The van der Waals surface area contributed by atoms with E-state index in [1.165, 1.54) is 17.0 Å². The van der Waals surface area contributed by atoms with Gasteiger partial charge < -0.3 is 10.0 Å². The molecule has 2 rings (SSSR count). The van der Waals surface area contributed by atoms with Crippen LogP contribution in [0.2, 0.25) is 0 Å². The van der Waals surface area contributed by atoms with Crippen molar-refractivity contribution in [3.8, 4) is 0 Å². The molecule has 1 amide bonds. The molecule has 1 heterocycles. The van der Waals surface area contributed by atoms with Crippen LogP contribution in [0.25, 0.3) is 0 Å². The van der Waals surface area contributed by atoms with Gasteiger partial charge in [0.15, 0.2) is 0 Å². The van der Waals surface area contributed by atoms with Crippen molar-refractivity contribution in [3.63, 3.8) is 0 Å². The van der Waals surface area contributed by atoms with Crippen LogP contribution in [0.1, 0.15) is 24.1 Å². The molecule has 7 heteroatoms. The summed E-state index contributed by atoms with van der Waals surface area (Å²) >= 11 is 0. The van der Waals surface area contributed by atoms with Gasteiger partial charge in [-0.15, -0.1) is 0 Å². The molecule has 0 bridgehead atoms. The zero-order chi connectivity index (χ0) is 15.8. The highest BCUT2D eigenvalue weighted by atomic mass is 19.4. The number of nitrogens with zero attached hydrogens (tertiary/aromatic N) is 2. The van der Waals surface area contributed by atoms with Crippen LogP contribution in [0.15, 0.2) is 24.3 Å². The SMILES string of the molecule is CC(c1ccccc1C(F)(F)F)N(C)C1CN(C(=O)O)C1. The van der Waals surface area contributed by atoms with E-state index in [-0.39, 0.29) is 11.6 Å². The highest BCUT2D eigenvalue weighted by Gasteiger charge is 2.38. The lowest BCUT2D eigenvalue weighted by Crippen LogP contribution is -2.60. The van der Waals surface area contributed by atoms with Crippen molar-refractivity contribution in [3.05, 3.63) is 35.4 Å². The predicted octanol–water partition coefficient (Wildman–Crippen LogP) is 3.06. The summed E-state index contributed by atoms with van der Waals surface area (Å²) in [5.74, 6) is 0. The van der Waals surface area contributed by atoms with Crippen LogP contribution in [-0.4, -0.2) is 47.2 Å². The van der Waals surface area contributed by atoms with E-state index >= 15 is 0 Å². The summed E-state index contributed by atoms with van der Waals surface area (Å²) < 4.78 is 39.1. The second-order valence-electron chi connectivity index (χ2n) is 5.27. The van der Waals surface area contributed by atoms with Crippen molar-refractivity contribution in [2.24, 2.45) is 0 Å². The third-order valence-corrected chi connectivity index (χ3v) is 4.04.